The second-order valence-electron chi connectivity index (χ2n) is 5.72. The Hall–Kier alpha value is -0.860. The molecule has 3 N–H and O–H groups in total. The van der Waals surface area contributed by atoms with Crippen LogP contribution in [0, 0.1) is 0 Å². The molecule has 1 saturated heterocycles. The van der Waals surface area contributed by atoms with Gasteiger partial charge in [-0.05, 0) is 18.4 Å². The predicted octanol–water partition coefficient (Wildman–Crippen LogP) is 1.74. The smallest absolute Gasteiger partial charge is 0.188 e. The summed E-state index contributed by atoms with van der Waals surface area (Å²) in [6, 6.07) is 11.4. The quantitative estimate of drug-likeness (QED) is 0.436. The van der Waals surface area contributed by atoms with E-state index >= 15 is 0 Å². The zero-order chi connectivity index (χ0) is 14.5. The van der Waals surface area contributed by atoms with Crippen LogP contribution >= 0.6 is 24.0 Å². The van der Waals surface area contributed by atoms with Crippen molar-refractivity contribution in [2.45, 2.75) is 24.9 Å². The highest BCUT2D eigenvalue weighted by Crippen LogP contribution is 2.22. The summed E-state index contributed by atoms with van der Waals surface area (Å²) in [6.45, 7) is 4.18. The molecule has 6 heteroatoms. The van der Waals surface area contributed by atoms with Gasteiger partial charge in [-0.15, -0.1) is 24.0 Å². The number of nitrogens with zero attached hydrogens (tertiary/aromatic N) is 2. The average Bonchev–Trinajstić information content (AvgIpc) is 3.33. The highest BCUT2D eigenvalue weighted by atomic mass is 127. The van der Waals surface area contributed by atoms with Gasteiger partial charge in [-0.1, -0.05) is 30.3 Å². The van der Waals surface area contributed by atoms with Crippen molar-refractivity contribution in [1.29, 1.82) is 0 Å². The Bertz CT molecular complexity index is 472. The van der Waals surface area contributed by atoms with E-state index in [0.717, 1.165) is 26.3 Å². The molecule has 1 aromatic rings. The van der Waals surface area contributed by atoms with Gasteiger partial charge in [0.05, 0.1) is 25.8 Å². The number of benzene rings is 1. The second-order valence-corrected chi connectivity index (χ2v) is 5.72. The Morgan fingerprint density at radius 2 is 1.95 bits per heavy atom. The van der Waals surface area contributed by atoms with Gasteiger partial charge in [0.2, 0.25) is 0 Å². The first kappa shape index (κ1) is 17.5. The molecule has 1 unspecified atom stereocenters. The van der Waals surface area contributed by atoms with Crippen LogP contribution in [-0.4, -0.2) is 49.7 Å². The van der Waals surface area contributed by atoms with Crippen LogP contribution in [0.5, 0.6) is 0 Å². The second kappa shape index (κ2) is 8.69. The van der Waals surface area contributed by atoms with Crippen molar-refractivity contribution < 1.29 is 4.74 Å². The highest BCUT2D eigenvalue weighted by molar-refractivity contribution is 14.0. The van der Waals surface area contributed by atoms with Gasteiger partial charge >= 0.3 is 0 Å². The molecule has 2 aliphatic rings. The number of aliphatic imine (C=N–C) groups is 1. The van der Waals surface area contributed by atoms with Crippen LogP contribution in [0.3, 0.4) is 0 Å². The molecule has 0 spiro atoms. The third kappa shape index (κ3) is 5.10. The third-order valence-electron chi connectivity index (χ3n) is 4.03. The summed E-state index contributed by atoms with van der Waals surface area (Å²) in [7, 11) is 0. The van der Waals surface area contributed by atoms with Gasteiger partial charge in [-0.3, -0.25) is 9.89 Å². The molecule has 122 valence electrons. The zero-order valence-corrected chi connectivity index (χ0v) is 15.1. The van der Waals surface area contributed by atoms with Crippen molar-refractivity contribution in [3.8, 4) is 0 Å². The summed E-state index contributed by atoms with van der Waals surface area (Å²) >= 11 is 0. The molecule has 2 fully saturated rings. The van der Waals surface area contributed by atoms with Crippen molar-refractivity contribution in [2.75, 3.05) is 32.8 Å². The average molecular weight is 416 g/mol. The molecule has 0 amide bonds. The summed E-state index contributed by atoms with van der Waals surface area (Å²) in [6.07, 6.45) is 2.42. The molecule has 1 aliphatic carbocycles. The molecule has 0 radical (unpaired) electrons. The van der Waals surface area contributed by atoms with Crippen LogP contribution in [0.1, 0.15) is 24.4 Å². The maximum atomic E-state index is 5.97. The number of guanidine groups is 1. The van der Waals surface area contributed by atoms with Crippen LogP contribution in [-0.2, 0) is 4.74 Å². The van der Waals surface area contributed by atoms with Crippen molar-refractivity contribution in [1.82, 2.24) is 10.2 Å². The SMILES string of the molecule is I.NC(=NCC(c1ccccc1)N1CCOCC1)NC1CC1. The van der Waals surface area contributed by atoms with Crippen LogP contribution in [0.15, 0.2) is 35.3 Å². The van der Waals surface area contributed by atoms with Gasteiger partial charge in [0.1, 0.15) is 0 Å². The topological polar surface area (TPSA) is 62.9 Å². The molecule has 1 aliphatic heterocycles. The van der Waals surface area contributed by atoms with E-state index in [9.17, 15) is 0 Å². The number of rotatable bonds is 5. The number of hydrogen-bond acceptors (Lipinski definition) is 3. The lowest BCUT2D eigenvalue weighted by Gasteiger charge is -2.34. The number of nitrogens with two attached hydrogens (primary N) is 1. The third-order valence-corrected chi connectivity index (χ3v) is 4.03. The maximum Gasteiger partial charge on any atom is 0.188 e. The van der Waals surface area contributed by atoms with Crippen LogP contribution in [0.4, 0.5) is 0 Å². The number of morpholine rings is 1. The largest absolute Gasteiger partial charge is 0.379 e. The summed E-state index contributed by atoms with van der Waals surface area (Å²) in [5.74, 6) is 0.576. The molecule has 1 atom stereocenters. The van der Waals surface area contributed by atoms with Crippen molar-refractivity contribution in [2.24, 2.45) is 10.7 Å². The standard InChI is InChI=1S/C16H24N4O.HI/c17-16(19-14-6-7-14)18-12-15(13-4-2-1-3-5-13)20-8-10-21-11-9-20;/h1-5,14-15H,6-12H2,(H3,17,18,19);1H. The van der Waals surface area contributed by atoms with E-state index in [1.54, 1.807) is 0 Å². The Morgan fingerprint density at radius 3 is 2.59 bits per heavy atom. The number of ether oxygens (including phenoxy) is 1. The predicted molar refractivity (Wildman–Crippen MR) is 99.6 cm³/mol. The normalized spacial score (nSPS) is 21.0. The van der Waals surface area contributed by atoms with Gasteiger partial charge < -0.3 is 15.8 Å². The molecule has 1 saturated carbocycles. The van der Waals surface area contributed by atoms with Gasteiger partial charge in [-0.2, -0.15) is 0 Å². The molecule has 5 nitrogen and oxygen atoms in total. The summed E-state index contributed by atoms with van der Waals surface area (Å²) < 4.78 is 5.46. The summed E-state index contributed by atoms with van der Waals surface area (Å²) in [4.78, 5) is 6.99. The lowest BCUT2D eigenvalue weighted by Crippen LogP contribution is -2.41. The minimum atomic E-state index is 0. The molecule has 0 bridgehead atoms. The Balaban J connectivity index is 0.00000176. The molecular weight excluding hydrogens is 391 g/mol. The minimum Gasteiger partial charge on any atom is -0.379 e. The van der Waals surface area contributed by atoms with Crippen LogP contribution in [0.25, 0.3) is 0 Å². The lowest BCUT2D eigenvalue weighted by atomic mass is 10.1. The molecule has 22 heavy (non-hydrogen) atoms. The van der Waals surface area contributed by atoms with Crippen molar-refractivity contribution in [3.63, 3.8) is 0 Å². The maximum absolute atomic E-state index is 5.97. The van der Waals surface area contributed by atoms with Crippen LogP contribution < -0.4 is 11.1 Å². The van der Waals surface area contributed by atoms with E-state index in [0.29, 0.717) is 18.5 Å². The molecule has 1 aromatic carbocycles. The first-order valence-corrected chi connectivity index (χ1v) is 7.76. The van der Waals surface area contributed by atoms with E-state index in [1.807, 2.05) is 6.07 Å². The van der Waals surface area contributed by atoms with Gasteiger partial charge in [-0.25, -0.2) is 0 Å². The zero-order valence-electron chi connectivity index (χ0n) is 12.8. The van der Waals surface area contributed by atoms with E-state index in [2.05, 4.69) is 39.5 Å². The first-order valence-electron chi connectivity index (χ1n) is 7.76. The van der Waals surface area contributed by atoms with Crippen molar-refractivity contribution >= 4 is 29.9 Å². The van der Waals surface area contributed by atoms with E-state index < -0.39 is 0 Å². The first-order chi connectivity index (χ1) is 10.3. The summed E-state index contributed by atoms with van der Waals surface area (Å²) in [5.41, 5.74) is 7.26. The lowest BCUT2D eigenvalue weighted by molar-refractivity contribution is 0.0180. The van der Waals surface area contributed by atoms with E-state index in [4.69, 9.17) is 10.5 Å². The monoisotopic (exact) mass is 416 g/mol. The highest BCUT2D eigenvalue weighted by Gasteiger charge is 2.24. The summed E-state index contributed by atoms with van der Waals surface area (Å²) in [5, 5.41) is 3.25. The van der Waals surface area contributed by atoms with Gasteiger partial charge in [0.15, 0.2) is 5.96 Å². The van der Waals surface area contributed by atoms with Gasteiger partial charge in [0, 0.05) is 19.1 Å². The Morgan fingerprint density at radius 1 is 1.27 bits per heavy atom. The number of hydrogen-bond donors (Lipinski definition) is 2. The van der Waals surface area contributed by atoms with Crippen LogP contribution in [0.2, 0.25) is 0 Å². The fraction of sp³-hybridized carbons (Fsp3) is 0.562. The Labute approximate surface area is 149 Å². The molecule has 3 rings (SSSR count). The minimum absolute atomic E-state index is 0. The Kier molecular flexibility index (Phi) is 6.91. The fourth-order valence-corrected chi connectivity index (χ4v) is 2.66. The molecule has 0 aromatic heterocycles. The molecular formula is C16H25IN4O. The van der Waals surface area contributed by atoms with Crippen molar-refractivity contribution in [3.05, 3.63) is 35.9 Å². The number of halogens is 1. The van der Waals surface area contributed by atoms with E-state index in [1.165, 1.54) is 18.4 Å². The molecule has 1 heterocycles. The van der Waals surface area contributed by atoms with E-state index in [-0.39, 0.29) is 30.0 Å². The fourth-order valence-electron chi connectivity index (χ4n) is 2.66. The van der Waals surface area contributed by atoms with Gasteiger partial charge in [0.25, 0.3) is 0 Å². The number of nitrogens with one attached hydrogen (secondary N) is 1.